The van der Waals surface area contributed by atoms with Crippen LogP contribution in [0.25, 0.3) is 31.3 Å². The second kappa shape index (κ2) is 8.06. The number of H-pyrrole nitrogens is 1. The Hall–Kier alpha value is -2.97. The molecule has 8 heteroatoms. The van der Waals surface area contributed by atoms with Gasteiger partial charge in [-0.05, 0) is 65.4 Å². The molecule has 0 spiro atoms. The molecule has 34 heavy (non-hydrogen) atoms. The van der Waals surface area contributed by atoms with E-state index in [1.54, 1.807) is 6.20 Å². The molecule has 2 aromatic carbocycles. The van der Waals surface area contributed by atoms with Crippen LogP contribution in [0.1, 0.15) is 16.0 Å². The zero-order valence-electron chi connectivity index (χ0n) is 18.0. The van der Waals surface area contributed by atoms with Crippen molar-refractivity contribution in [3.05, 3.63) is 82.0 Å². The maximum atomic E-state index is 6.25. The molecule has 0 unspecified atom stereocenters. The number of benzene rings is 2. The van der Waals surface area contributed by atoms with Crippen LogP contribution >= 0.6 is 34.3 Å². The van der Waals surface area contributed by atoms with Crippen molar-refractivity contribution in [2.24, 2.45) is 0 Å². The van der Waals surface area contributed by atoms with Gasteiger partial charge in [-0.25, -0.2) is 4.98 Å². The lowest BCUT2D eigenvalue weighted by Gasteiger charge is -2.26. The summed E-state index contributed by atoms with van der Waals surface area (Å²) in [6.07, 6.45) is 4.93. The van der Waals surface area contributed by atoms with Gasteiger partial charge in [0, 0.05) is 63.6 Å². The van der Waals surface area contributed by atoms with Crippen LogP contribution in [-0.4, -0.2) is 26.4 Å². The van der Waals surface area contributed by atoms with Crippen LogP contribution < -0.4 is 4.74 Å². The van der Waals surface area contributed by atoms with Gasteiger partial charge in [-0.1, -0.05) is 22.9 Å². The third-order valence-electron chi connectivity index (χ3n) is 6.37. The van der Waals surface area contributed by atoms with Crippen LogP contribution in [0, 0.1) is 0 Å². The van der Waals surface area contributed by atoms with Crippen LogP contribution in [0.2, 0.25) is 5.02 Å². The number of fused-ring (bicyclic) bond motifs is 5. The average Bonchev–Trinajstić information content (AvgIpc) is 3.53. The number of nitrogens with zero attached hydrogens (tertiary/aromatic N) is 3. The molecule has 0 aliphatic carbocycles. The Morgan fingerprint density at radius 1 is 1.06 bits per heavy atom. The van der Waals surface area contributed by atoms with E-state index in [9.17, 15) is 0 Å². The molecule has 0 amide bonds. The molecule has 4 aromatic heterocycles. The quantitative estimate of drug-likeness (QED) is 0.273. The fourth-order valence-electron chi connectivity index (χ4n) is 4.75. The van der Waals surface area contributed by atoms with E-state index in [1.165, 1.54) is 42.8 Å². The Labute approximate surface area is 208 Å². The molecule has 0 atom stereocenters. The molecule has 0 saturated carbocycles. The van der Waals surface area contributed by atoms with Gasteiger partial charge in [0.1, 0.15) is 5.75 Å². The third-order valence-corrected chi connectivity index (χ3v) is 8.69. The first kappa shape index (κ1) is 20.4. The summed E-state index contributed by atoms with van der Waals surface area (Å²) in [5, 5.41) is 3.98. The Kier molecular flexibility index (Phi) is 4.84. The molecule has 0 bridgehead atoms. The van der Waals surface area contributed by atoms with Crippen LogP contribution in [0.15, 0.2) is 60.9 Å². The first-order valence-corrected chi connectivity index (χ1v) is 13.1. The molecule has 0 saturated heterocycles. The van der Waals surface area contributed by atoms with Crippen LogP contribution in [0.4, 0.5) is 0 Å². The molecule has 6 aromatic rings. The van der Waals surface area contributed by atoms with Gasteiger partial charge < -0.3 is 9.72 Å². The summed E-state index contributed by atoms with van der Waals surface area (Å²) in [4.78, 5) is 16.2. The number of hydrogen-bond donors (Lipinski definition) is 1. The first-order valence-electron chi connectivity index (χ1n) is 11.1. The smallest absolute Gasteiger partial charge is 0.281 e. The van der Waals surface area contributed by atoms with Crippen molar-refractivity contribution in [3.63, 3.8) is 0 Å². The zero-order valence-corrected chi connectivity index (χ0v) is 20.4. The topological polar surface area (TPSA) is 54.0 Å². The molecule has 0 fully saturated rings. The third kappa shape index (κ3) is 3.56. The minimum atomic E-state index is 0.605. The summed E-state index contributed by atoms with van der Waals surface area (Å²) in [5.74, 6) is 0.770. The minimum absolute atomic E-state index is 0.605. The van der Waals surface area contributed by atoms with Crippen molar-refractivity contribution in [3.8, 4) is 10.9 Å². The number of rotatable bonds is 4. The molecule has 1 aliphatic heterocycles. The maximum absolute atomic E-state index is 6.25. The van der Waals surface area contributed by atoms with Crippen LogP contribution in [0.3, 0.4) is 0 Å². The number of aromatic amines is 1. The molecule has 1 aliphatic rings. The van der Waals surface area contributed by atoms with E-state index in [1.807, 2.05) is 41.7 Å². The van der Waals surface area contributed by atoms with Crippen molar-refractivity contribution >= 4 is 65.6 Å². The lowest BCUT2D eigenvalue weighted by molar-refractivity contribution is 0.250. The zero-order chi connectivity index (χ0) is 22.6. The predicted molar refractivity (Wildman–Crippen MR) is 140 cm³/mol. The van der Waals surface area contributed by atoms with Gasteiger partial charge in [-0.15, -0.1) is 11.3 Å². The van der Waals surface area contributed by atoms with E-state index in [2.05, 4.69) is 44.2 Å². The molecule has 0 radical (unpaired) electrons. The highest BCUT2D eigenvalue weighted by molar-refractivity contribution is 7.20. The highest BCUT2D eigenvalue weighted by Gasteiger charge is 2.22. The Morgan fingerprint density at radius 2 is 2.03 bits per heavy atom. The number of hydrogen-bond acceptors (Lipinski definition) is 6. The number of thiophene rings is 1. The van der Waals surface area contributed by atoms with Crippen molar-refractivity contribution < 1.29 is 4.74 Å². The summed E-state index contributed by atoms with van der Waals surface area (Å²) < 4.78 is 8.39. The monoisotopic (exact) mass is 502 g/mol. The van der Waals surface area contributed by atoms with Gasteiger partial charge in [0.15, 0.2) is 5.65 Å². The standard InChI is InChI=1S/C26H19ClN4OS2/c27-16-3-6-22-20(10-16)19-7-9-31(14-24(19)33-22)13-15-12-29-21-11-17(4-5-18(15)21)32-26-30-25-23(34-26)2-1-8-28-25/h1-6,8,10-12,29H,7,9,13-14H2. The minimum Gasteiger partial charge on any atom is -0.431 e. The fourth-order valence-corrected chi connectivity index (χ4v) is 7.00. The van der Waals surface area contributed by atoms with Gasteiger partial charge in [0.2, 0.25) is 0 Å². The summed E-state index contributed by atoms with van der Waals surface area (Å²) in [5.41, 5.74) is 4.57. The molecule has 7 rings (SSSR count). The second-order valence-corrected chi connectivity index (χ2v) is 11.1. The van der Waals surface area contributed by atoms with E-state index in [-0.39, 0.29) is 0 Å². The fraction of sp³-hybridized carbons (Fsp3) is 0.154. The lowest BCUT2D eigenvalue weighted by Crippen LogP contribution is -2.29. The summed E-state index contributed by atoms with van der Waals surface area (Å²) >= 11 is 9.65. The predicted octanol–water partition coefficient (Wildman–Crippen LogP) is 7.39. The van der Waals surface area contributed by atoms with Gasteiger partial charge in [0.25, 0.3) is 5.19 Å². The van der Waals surface area contributed by atoms with Gasteiger partial charge in [-0.2, -0.15) is 4.98 Å². The van der Waals surface area contributed by atoms with Gasteiger partial charge >= 0.3 is 0 Å². The van der Waals surface area contributed by atoms with E-state index >= 15 is 0 Å². The molecular formula is C26H19ClN4OS2. The molecule has 1 N–H and O–H groups in total. The van der Waals surface area contributed by atoms with Gasteiger partial charge in [0.05, 0.1) is 4.70 Å². The summed E-state index contributed by atoms with van der Waals surface area (Å²) in [6, 6.07) is 16.4. The Bertz CT molecular complexity index is 1650. The molecular weight excluding hydrogens is 484 g/mol. The molecule has 5 nitrogen and oxygen atoms in total. The second-order valence-electron chi connectivity index (χ2n) is 8.53. The number of halogens is 1. The number of pyridine rings is 1. The van der Waals surface area contributed by atoms with Crippen molar-refractivity contribution in [2.45, 2.75) is 19.5 Å². The van der Waals surface area contributed by atoms with Crippen molar-refractivity contribution in [1.82, 2.24) is 19.9 Å². The summed E-state index contributed by atoms with van der Waals surface area (Å²) in [7, 11) is 0. The van der Waals surface area contributed by atoms with Crippen molar-refractivity contribution in [1.29, 1.82) is 0 Å². The number of ether oxygens (including phenoxy) is 1. The first-order chi connectivity index (χ1) is 16.7. The highest BCUT2D eigenvalue weighted by Crippen LogP contribution is 2.37. The summed E-state index contributed by atoms with van der Waals surface area (Å²) in [6.45, 7) is 2.94. The molecule has 5 heterocycles. The Morgan fingerprint density at radius 3 is 2.97 bits per heavy atom. The van der Waals surface area contributed by atoms with Crippen LogP contribution in [0.5, 0.6) is 10.9 Å². The highest BCUT2D eigenvalue weighted by atomic mass is 35.5. The molecule has 168 valence electrons. The average molecular weight is 503 g/mol. The van der Waals surface area contributed by atoms with Gasteiger partial charge in [-0.3, -0.25) is 4.90 Å². The number of aromatic nitrogens is 3. The van der Waals surface area contributed by atoms with E-state index in [4.69, 9.17) is 16.3 Å². The number of nitrogens with one attached hydrogen (secondary N) is 1. The normalized spacial score (nSPS) is 14.3. The SMILES string of the molecule is Clc1ccc2sc3c(c2c1)CCN(Cc1c[nH]c2cc(Oc4nc5ncccc5s4)ccc12)C3. The lowest BCUT2D eigenvalue weighted by atomic mass is 10.0. The van der Waals surface area contributed by atoms with Crippen molar-refractivity contribution in [2.75, 3.05) is 6.54 Å². The van der Waals surface area contributed by atoms with E-state index < -0.39 is 0 Å². The number of thiazole rings is 1. The maximum Gasteiger partial charge on any atom is 0.281 e. The van der Waals surface area contributed by atoms with Crippen LogP contribution in [-0.2, 0) is 19.5 Å². The largest absolute Gasteiger partial charge is 0.431 e. The van der Waals surface area contributed by atoms with E-state index in [0.717, 1.165) is 52.7 Å². The van der Waals surface area contributed by atoms with E-state index in [0.29, 0.717) is 5.19 Å². The Balaban J connectivity index is 1.11.